The van der Waals surface area contributed by atoms with Crippen molar-refractivity contribution in [3.8, 4) is 0 Å². The summed E-state index contributed by atoms with van der Waals surface area (Å²) in [7, 11) is 0. The van der Waals surface area contributed by atoms with E-state index in [2.05, 4.69) is 6.92 Å². The van der Waals surface area contributed by atoms with Crippen molar-refractivity contribution in [1.82, 2.24) is 0 Å². The molecule has 4 nitrogen and oxygen atoms in total. The van der Waals surface area contributed by atoms with Crippen LogP contribution in [0.25, 0.3) is 0 Å². The molecular weight excluding hydrogens is 280 g/mol. The van der Waals surface area contributed by atoms with Gasteiger partial charge in [0.15, 0.2) is 0 Å². The molecule has 0 aromatic rings. The third kappa shape index (κ3) is 9.42. The summed E-state index contributed by atoms with van der Waals surface area (Å²) in [5, 5.41) is 8.81. The lowest BCUT2D eigenvalue weighted by molar-refractivity contribution is -0.150. The molecule has 1 saturated heterocycles. The Hall–Kier alpha value is -0.610. The van der Waals surface area contributed by atoms with Gasteiger partial charge in [-0.3, -0.25) is 4.79 Å². The van der Waals surface area contributed by atoms with E-state index in [0.717, 1.165) is 12.8 Å². The van der Waals surface area contributed by atoms with Gasteiger partial charge in [0.1, 0.15) is 6.10 Å². The fourth-order valence-corrected chi connectivity index (χ4v) is 2.76. The minimum Gasteiger partial charge on any atom is -0.460 e. The van der Waals surface area contributed by atoms with Crippen LogP contribution in [0, 0.1) is 0 Å². The highest BCUT2D eigenvalue weighted by Gasteiger charge is 2.37. The fourth-order valence-electron chi connectivity index (χ4n) is 2.76. The van der Waals surface area contributed by atoms with Gasteiger partial charge in [-0.15, -0.1) is 0 Å². The summed E-state index contributed by atoms with van der Waals surface area (Å²) < 4.78 is 10.7. The highest BCUT2D eigenvalue weighted by Crippen LogP contribution is 2.31. The van der Waals surface area contributed by atoms with Crippen LogP contribution in [0.5, 0.6) is 0 Å². The Morgan fingerprint density at radius 1 is 1.05 bits per heavy atom. The topological polar surface area (TPSA) is 59.1 Å². The SMILES string of the molecule is CCCCCCCCCC1OC1CCCC(=O)OC(C)CO. The van der Waals surface area contributed by atoms with Crippen molar-refractivity contribution in [3.05, 3.63) is 0 Å². The third-order valence-corrected chi connectivity index (χ3v) is 4.24. The monoisotopic (exact) mass is 314 g/mol. The molecule has 0 spiro atoms. The summed E-state index contributed by atoms with van der Waals surface area (Å²) >= 11 is 0. The second kappa shape index (κ2) is 11.9. The van der Waals surface area contributed by atoms with Gasteiger partial charge in [0.2, 0.25) is 0 Å². The molecular formula is C18H34O4. The Kier molecular flexibility index (Phi) is 10.5. The second-order valence-electron chi connectivity index (χ2n) is 6.50. The molecule has 1 fully saturated rings. The van der Waals surface area contributed by atoms with E-state index in [1.807, 2.05) is 0 Å². The Morgan fingerprint density at radius 3 is 2.27 bits per heavy atom. The van der Waals surface area contributed by atoms with E-state index >= 15 is 0 Å². The van der Waals surface area contributed by atoms with Crippen LogP contribution in [0.2, 0.25) is 0 Å². The zero-order chi connectivity index (χ0) is 16.2. The number of rotatable bonds is 14. The number of epoxide rings is 1. The summed E-state index contributed by atoms with van der Waals surface area (Å²) in [6.45, 7) is 3.83. The quantitative estimate of drug-likeness (QED) is 0.299. The van der Waals surface area contributed by atoms with Crippen LogP contribution in [0.3, 0.4) is 0 Å². The third-order valence-electron chi connectivity index (χ3n) is 4.24. The molecule has 130 valence electrons. The highest BCUT2D eigenvalue weighted by atomic mass is 16.6. The van der Waals surface area contributed by atoms with Crippen molar-refractivity contribution in [2.24, 2.45) is 0 Å². The van der Waals surface area contributed by atoms with Crippen molar-refractivity contribution >= 4 is 5.97 Å². The van der Waals surface area contributed by atoms with Gasteiger partial charge in [-0.1, -0.05) is 51.9 Å². The average Bonchev–Trinajstić information content (AvgIpc) is 3.24. The molecule has 1 aliphatic rings. The molecule has 4 heteroatoms. The number of hydrogen-bond acceptors (Lipinski definition) is 4. The first-order chi connectivity index (χ1) is 10.7. The average molecular weight is 314 g/mol. The maximum absolute atomic E-state index is 11.4. The molecule has 0 aromatic carbocycles. The van der Waals surface area contributed by atoms with Crippen molar-refractivity contribution in [2.75, 3.05) is 6.61 Å². The highest BCUT2D eigenvalue weighted by molar-refractivity contribution is 5.69. The smallest absolute Gasteiger partial charge is 0.306 e. The maximum atomic E-state index is 11.4. The largest absolute Gasteiger partial charge is 0.460 e. The van der Waals surface area contributed by atoms with Gasteiger partial charge in [0.05, 0.1) is 18.8 Å². The van der Waals surface area contributed by atoms with Gasteiger partial charge in [-0.25, -0.2) is 0 Å². The second-order valence-corrected chi connectivity index (χ2v) is 6.50. The Morgan fingerprint density at radius 2 is 1.64 bits per heavy atom. The van der Waals surface area contributed by atoms with Crippen LogP contribution in [0.4, 0.5) is 0 Å². The van der Waals surface area contributed by atoms with Crippen LogP contribution < -0.4 is 0 Å². The lowest BCUT2D eigenvalue weighted by Gasteiger charge is -2.09. The van der Waals surface area contributed by atoms with Crippen LogP contribution in [-0.2, 0) is 14.3 Å². The molecule has 22 heavy (non-hydrogen) atoms. The molecule has 1 heterocycles. The minimum absolute atomic E-state index is 0.113. The summed E-state index contributed by atoms with van der Waals surface area (Å²) in [5.41, 5.74) is 0. The molecule has 0 bridgehead atoms. The Bertz CT molecular complexity index is 293. The number of aliphatic hydroxyl groups is 1. The molecule has 1 aliphatic heterocycles. The van der Waals surface area contributed by atoms with Crippen molar-refractivity contribution in [3.63, 3.8) is 0 Å². The van der Waals surface area contributed by atoms with Crippen LogP contribution >= 0.6 is 0 Å². The van der Waals surface area contributed by atoms with Gasteiger partial charge in [0, 0.05) is 6.42 Å². The predicted molar refractivity (Wildman–Crippen MR) is 87.8 cm³/mol. The zero-order valence-corrected chi connectivity index (χ0v) is 14.4. The summed E-state index contributed by atoms with van der Waals surface area (Å²) in [5.74, 6) is -0.217. The number of ether oxygens (including phenoxy) is 2. The molecule has 0 saturated carbocycles. The van der Waals surface area contributed by atoms with E-state index in [9.17, 15) is 4.79 Å². The number of hydrogen-bond donors (Lipinski definition) is 1. The Labute approximate surface area is 135 Å². The lowest BCUT2D eigenvalue weighted by atomic mass is 10.0. The van der Waals surface area contributed by atoms with Gasteiger partial charge in [0.25, 0.3) is 0 Å². The van der Waals surface area contributed by atoms with E-state index < -0.39 is 6.10 Å². The van der Waals surface area contributed by atoms with Crippen LogP contribution in [-0.4, -0.2) is 36.0 Å². The fraction of sp³-hybridized carbons (Fsp3) is 0.944. The van der Waals surface area contributed by atoms with E-state index in [4.69, 9.17) is 14.6 Å². The number of carbonyl (C=O) groups excluding carboxylic acids is 1. The number of carbonyl (C=O) groups is 1. The summed E-state index contributed by atoms with van der Waals surface area (Å²) in [6.07, 6.45) is 13.1. The molecule has 3 unspecified atom stereocenters. The standard InChI is InChI=1S/C18H34O4/c1-3-4-5-6-7-8-9-11-16-17(22-16)12-10-13-18(20)21-15(2)14-19/h15-17,19H,3-14H2,1-2H3. The lowest BCUT2D eigenvalue weighted by Crippen LogP contribution is -2.18. The molecule has 0 aromatic heterocycles. The molecule has 1 N–H and O–H groups in total. The van der Waals surface area contributed by atoms with E-state index in [1.165, 1.54) is 51.4 Å². The first kappa shape index (κ1) is 19.4. The minimum atomic E-state index is -0.394. The molecule has 0 aliphatic carbocycles. The molecule has 0 amide bonds. The van der Waals surface area contributed by atoms with Gasteiger partial charge >= 0.3 is 5.97 Å². The van der Waals surface area contributed by atoms with E-state index in [-0.39, 0.29) is 12.6 Å². The van der Waals surface area contributed by atoms with Crippen molar-refractivity contribution < 1.29 is 19.4 Å². The number of aliphatic hydroxyl groups excluding tert-OH is 1. The number of esters is 1. The van der Waals surface area contributed by atoms with Crippen LogP contribution in [0.15, 0.2) is 0 Å². The maximum Gasteiger partial charge on any atom is 0.306 e. The van der Waals surface area contributed by atoms with Crippen molar-refractivity contribution in [2.45, 2.75) is 103 Å². The van der Waals surface area contributed by atoms with Gasteiger partial charge in [-0.05, 0) is 26.2 Å². The van der Waals surface area contributed by atoms with Gasteiger partial charge in [-0.2, -0.15) is 0 Å². The van der Waals surface area contributed by atoms with E-state index in [0.29, 0.717) is 18.6 Å². The summed E-state index contributed by atoms with van der Waals surface area (Å²) in [4.78, 5) is 11.4. The molecule has 0 radical (unpaired) electrons. The first-order valence-corrected chi connectivity index (χ1v) is 9.13. The Balaban J connectivity index is 1.87. The van der Waals surface area contributed by atoms with Crippen LogP contribution in [0.1, 0.15) is 84.5 Å². The molecule has 1 rings (SSSR count). The first-order valence-electron chi connectivity index (χ1n) is 9.13. The summed E-state index contributed by atoms with van der Waals surface area (Å²) in [6, 6.07) is 0. The van der Waals surface area contributed by atoms with E-state index in [1.54, 1.807) is 6.92 Å². The zero-order valence-electron chi connectivity index (χ0n) is 14.4. The van der Waals surface area contributed by atoms with Gasteiger partial charge < -0.3 is 14.6 Å². The molecule has 3 atom stereocenters. The number of unbranched alkanes of at least 4 members (excludes halogenated alkanes) is 6. The normalized spacial score (nSPS) is 21.6. The van der Waals surface area contributed by atoms with Crippen molar-refractivity contribution in [1.29, 1.82) is 0 Å². The predicted octanol–water partition coefficient (Wildman–Crippen LogP) is 3.99.